The van der Waals surface area contributed by atoms with Gasteiger partial charge in [0.05, 0.1) is 7.11 Å². The highest BCUT2D eigenvalue weighted by molar-refractivity contribution is 7.99. The summed E-state index contributed by atoms with van der Waals surface area (Å²) in [5.41, 5.74) is 0.442. The van der Waals surface area contributed by atoms with Crippen LogP contribution in [0.5, 0.6) is 0 Å². The van der Waals surface area contributed by atoms with Crippen LogP contribution in [0.25, 0.3) is 0 Å². The zero-order valence-electron chi connectivity index (χ0n) is 11.1. The van der Waals surface area contributed by atoms with E-state index in [0.717, 1.165) is 30.2 Å². The van der Waals surface area contributed by atoms with E-state index in [9.17, 15) is 4.79 Å². The lowest BCUT2D eigenvalue weighted by Crippen LogP contribution is -2.52. The molecule has 3 rings (SSSR count). The number of nitrogens with one attached hydrogen (secondary N) is 1. The van der Waals surface area contributed by atoms with Crippen LogP contribution in [-0.2, 0) is 15.1 Å². The molecule has 0 radical (unpaired) electrons. The minimum Gasteiger partial charge on any atom is -0.467 e. The molecule has 2 aliphatic rings. The van der Waals surface area contributed by atoms with Crippen molar-refractivity contribution in [1.82, 2.24) is 5.32 Å². The quantitative estimate of drug-likeness (QED) is 0.858. The molecule has 0 aromatic heterocycles. The third-order valence-corrected chi connectivity index (χ3v) is 5.08. The van der Waals surface area contributed by atoms with Crippen molar-refractivity contribution in [3.05, 3.63) is 29.8 Å². The van der Waals surface area contributed by atoms with Crippen LogP contribution in [0.2, 0.25) is 0 Å². The Labute approximate surface area is 118 Å². The second kappa shape index (κ2) is 5.17. The zero-order chi connectivity index (χ0) is 13.3. The van der Waals surface area contributed by atoms with Crippen LogP contribution in [0.1, 0.15) is 24.8 Å². The molecule has 102 valence electrons. The van der Waals surface area contributed by atoms with Gasteiger partial charge in [0, 0.05) is 10.6 Å². The number of carbonyl (C=O) groups excluding carboxylic acids is 1. The minimum absolute atomic E-state index is 0.152. The maximum atomic E-state index is 12.4. The fourth-order valence-electron chi connectivity index (χ4n) is 2.68. The molecule has 19 heavy (non-hydrogen) atoms. The van der Waals surface area contributed by atoms with E-state index in [1.807, 2.05) is 23.9 Å². The number of rotatable bonds is 4. The Bertz CT molecular complexity index is 487. The molecular weight excluding hydrogens is 258 g/mol. The fourth-order valence-corrected chi connectivity index (χ4v) is 3.88. The van der Waals surface area contributed by atoms with Crippen LogP contribution in [-0.4, -0.2) is 25.4 Å². The summed E-state index contributed by atoms with van der Waals surface area (Å²) in [7, 11) is 1.48. The smallest absolute Gasteiger partial charge is 0.330 e. The van der Waals surface area contributed by atoms with E-state index < -0.39 is 5.54 Å². The summed E-state index contributed by atoms with van der Waals surface area (Å²) in [4.78, 5) is 13.6. The van der Waals surface area contributed by atoms with Crippen LogP contribution >= 0.6 is 11.8 Å². The van der Waals surface area contributed by atoms with Crippen LogP contribution in [0, 0.1) is 5.92 Å². The van der Waals surface area contributed by atoms with Gasteiger partial charge in [0.25, 0.3) is 0 Å². The van der Waals surface area contributed by atoms with Gasteiger partial charge in [-0.2, -0.15) is 0 Å². The van der Waals surface area contributed by atoms with Gasteiger partial charge in [-0.05, 0) is 43.4 Å². The molecule has 1 aromatic carbocycles. The molecule has 1 atom stereocenters. The van der Waals surface area contributed by atoms with E-state index >= 15 is 0 Å². The van der Waals surface area contributed by atoms with Crippen LogP contribution in [0.15, 0.2) is 29.2 Å². The molecule has 0 saturated heterocycles. The summed E-state index contributed by atoms with van der Waals surface area (Å²) in [6, 6.07) is 8.18. The van der Waals surface area contributed by atoms with Crippen molar-refractivity contribution >= 4 is 17.7 Å². The average Bonchev–Trinajstić information content (AvgIpc) is 3.28. The molecule has 1 aliphatic heterocycles. The Morgan fingerprint density at radius 3 is 3.00 bits per heavy atom. The van der Waals surface area contributed by atoms with E-state index in [1.165, 1.54) is 24.8 Å². The maximum Gasteiger partial charge on any atom is 0.330 e. The lowest BCUT2D eigenvalue weighted by Gasteiger charge is -2.37. The van der Waals surface area contributed by atoms with Crippen LogP contribution in [0.4, 0.5) is 0 Å². The largest absolute Gasteiger partial charge is 0.467 e. The molecule has 4 heteroatoms. The van der Waals surface area contributed by atoms with Gasteiger partial charge in [0.1, 0.15) is 5.54 Å². The van der Waals surface area contributed by atoms with Crippen molar-refractivity contribution in [1.29, 1.82) is 0 Å². The Balaban J connectivity index is 1.96. The SMILES string of the molecule is COC(=O)C1(NCC2CC2)CCSc2ccccc21. The molecule has 1 aromatic rings. The molecule has 1 saturated carbocycles. The molecular formula is C15H19NO2S. The van der Waals surface area contributed by atoms with Gasteiger partial charge in [-0.15, -0.1) is 11.8 Å². The highest BCUT2D eigenvalue weighted by atomic mass is 32.2. The predicted molar refractivity (Wildman–Crippen MR) is 76.2 cm³/mol. The minimum atomic E-state index is -0.640. The molecule has 1 fully saturated rings. The van der Waals surface area contributed by atoms with Gasteiger partial charge < -0.3 is 4.74 Å². The van der Waals surface area contributed by atoms with Crippen LogP contribution in [0.3, 0.4) is 0 Å². The van der Waals surface area contributed by atoms with E-state index in [0.29, 0.717) is 0 Å². The molecule has 0 bridgehead atoms. The number of esters is 1. The number of hydrogen-bond acceptors (Lipinski definition) is 4. The Morgan fingerprint density at radius 2 is 2.26 bits per heavy atom. The number of fused-ring (bicyclic) bond motifs is 1. The van der Waals surface area contributed by atoms with Crippen LogP contribution < -0.4 is 5.32 Å². The van der Waals surface area contributed by atoms with Gasteiger partial charge in [-0.1, -0.05) is 18.2 Å². The lowest BCUT2D eigenvalue weighted by molar-refractivity contribution is -0.149. The predicted octanol–water partition coefficient (Wildman–Crippen LogP) is 2.55. The average molecular weight is 277 g/mol. The summed E-state index contributed by atoms with van der Waals surface area (Å²) >= 11 is 1.82. The Kier molecular flexibility index (Phi) is 3.54. The molecule has 0 amide bonds. The first-order valence-corrected chi connectivity index (χ1v) is 7.80. The lowest BCUT2D eigenvalue weighted by atomic mass is 9.86. The fraction of sp³-hybridized carbons (Fsp3) is 0.533. The highest BCUT2D eigenvalue weighted by Gasteiger charge is 2.45. The molecule has 1 N–H and O–H groups in total. The third kappa shape index (κ3) is 2.39. The number of benzene rings is 1. The van der Waals surface area contributed by atoms with E-state index in [1.54, 1.807) is 0 Å². The van der Waals surface area contributed by atoms with Gasteiger partial charge in [0.15, 0.2) is 0 Å². The van der Waals surface area contributed by atoms with E-state index in [-0.39, 0.29) is 5.97 Å². The van der Waals surface area contributed by atoms with Crippen molar-refractivity contribution in [2.45, 2.75) is 29.7 Å². The first-order chi connectivity index (χ1) is 9.26. The number of methoxy groups -OCH3 is 1. The highest BCUT2D eigenvalue weighted by Crippen LogP contribution is 2.41. The third-order valence-electron chi connectivity index (χ3n) is 4.00. The van der Waals surface area contributed by atoms with Crippen molar-refractivity contribution in [3.8, 4) is 0 Å². The summed E-state index contributed by atoms with van der Waals surface area (Å²) in [5.74, 6) is 1.54. The van der Waals surface area contributed by atoms with E-state index in [2.05, 4.69) is 17.4 Å². The second-order valence-corrected chi connectivity index (χ2v) is 6.45. The van der Waals surface area contributed by atoms with Crippen molar-refractivity contribution in [2.24, 2.45) is 5.92 Å². The molecule has 1 unspecified atom stereocenters. The standard InChI is InChI=1S/C15H19NO2S/c1-18-14(17)15(16-10-11-6-7-11)8-9-19-13-5-3-2-4-12(13)15/h2-5,11,16H,6-10H2,1H3. The number of carbonyl (C=O) groups is 1. The van der Waals surface area contributed by atoms with Crippen molar-refractivity contribution in [2.75, 3.05) is 19.4 Å². The molecule has 0 spiro atoms. The van der Waals surface area contributed by atoms with E-state index in [4.69, 9.17) is 4.74 Å². The summed E-state index contributed by atoms with van der Waals surface area (Å²) < 4.78 is 5.09. The maximum absolute atomic E-state index is 12.4. The van der Waals surface area contributed by atoms with Crippen molar-refractivity contribution < 1.29 is 9.53 Å². The Morgan fingerprint density at radius 1 is 1.47 bits per heavy atom. The van der Waals surface area contributed by atoms with Gasteiger partial charge >= 0.3 is 5.97 Å². The summed E-state index contributed by atoms with van der Waals surface area (Å²) in [6.07, 6.45) is 3.36. The normalized spacial score (nSPS) is 25.7. The van der Waals surface area contributed by atoms with Gasteiger partial charge in [-0.25, -0.2) is 4.79 Å². The summed E-state index contributed by atoms with van der Waals surface area (Å²) in [6.45, 7) is 0.911. The number of hydrogen-bond donors (Lipinski definition) is 1. The molecule has 1 heterocycles. The second-order valence-electron chi connectivity index (χ2n) is 5.32. The van der Waals surface area contributed by atoms with Crippen molar-refractivity contribution in [3.63, 3.8) is 0 Å². The monoisotopic (exact) mass is 277 g/mol. The molecule has 1 aliphatic carbocycles. The topological polar surface area (TPSA) is 38.3 Å². The molecule has 3 nitrogen and oxygen atoms in total. The van der Waals surface area contributed by atoms with Gasteiger partial charge in [0.2, 0.25) is 0 Å². The zero-order valence-corrected chi connectivity index (χ0v) is 12.0. The number of thioether (sulfide) groups is 1. The first kappa shape index (κ1) is 13.0. The number of ether oxygens (including phenoxy) is 1. The van der Waals surface area contributed by atoms with Gasteiger partial charge in [-0.3, -0.25) is 5.32 Å². The summed E-state index contributed by atoms with van der Waals surface area (Å²) in [5, 5.41) is 3.52. The Hall–Kier alpha value is -1.00. The first-order valence-electron chi connectivity index (χ1n) is 6.82.